The third-order valence-electron chi connectivity index (χ3n) is 6.78. The number of carbonyl (C=O) groups excluding carboxylic acids is 4. The summed E-state index contributed by atoms with van der Waals surface area (Å²) in [5.41, 5.74) is 1.20. The maximum absolute atomic E-state index is 12.9. The molecule has 0 spiro atoms. The van der Waals surface area contributed by atoms with Crippen LogP contribution in [-0.4, -0.2) is 59.3 Å². The minimum absolute atomic E-state index is 0.0618. The molecule has 0 bridgehead atoms. The van der Waals surface area contributed by atoms with Gasteiger partial charge in [-0.05, 0) is 56.2 Å². The number of nitrogens with one attached hydrogen (secondary N) is 2. The molecular weight excluding hydrogens is 474 g/mol. The van der Waals surface area contributed by atoms with Crippen LogP contribution in [0.2, 0.25) is 0 Å². The van der Waals surface area contributed by atoms with Crippen LogP contribution in [0.5, 0.6) is 0 Å². The number of aromatic nitrogens is 2. The van der Waals surface area contributed by atoms with Gasteiger partial charge in [-0.1, -0.05) is 6.07 Å². The number of hydrogen-bond acceptors (Lipinski definition) is 7. The first-order valence-electron chi connectivity index (χ1n) is 11.6. The Morgan fingerprint density at radius 1 is 1.06 bits per heavy atom. The van der Waals surface area contributed by atoms with Gasteiger partial charge in [0.05, 0.1) is 23.4 Å². The molecule has 1 saturated heterocycles. The molecule has 2 aromatic rings. The Bertz CT molecular complexity index is 1330. The Hall–Kier alpha value is -3.38. The molecule has 3 aliphatic rings. The van der Waals surface area contributed by atoms with Gasteiger partial charge < -0.3 is 0 Å². The predicted octanol–water partition coefficient (Wildman–Crippen LogP) is 0.920. The number of rotatable bonds is 8. The lowest BCUT2D eigenvalue weighted by Crippen LogP contribution is -2.54. The van der Waals surface area contributed by atoms with Crippen LogP contribution in [0.3, 0.4) is 0 Å². The smallest absolute Gasteiger partial charge is 0.262 e. The zero-order valence-corrected chi connectivity index (χ0v) is 19.7. The van der Waals surface area contributed by atoms with Gasteiger partial charge >= 0.3 is 0 Å². The lowest BCUT2D eigenvalue weighted by molar-refractivity contribution is -0.136. The van der Waals surface area contributed by atoms with E-state index >= 15 is 0 Å². The quantitative estimate of drug-likeness (QED) is 0.405. The monoisotopic (exact) mass is 499 g/mol. The molecule has 12 heteroatoms. The van der Waals surface area contributed by atoms with Gasteiger partial charge in [0.2, 0.25) is 21.8 Å². The molecule has 1 aliphatic carbocycles. The van der Waals surface area contributed by atoms with E-state index in [0.717, 1.165) is 29.7 Å². The summed E-state index contributed by atoms with van der Waals surface area (Å²) in [5, 5.41) is 6.34. The van der Waals surface area contributed by atoms with Crippen LogP contribution in [0, 0.1) is 0 Å². The number of sulfonamides is 1. The van der Waals surface area contributed by atoms with Gasteiger partial charge in [-0.25, -0.2) is 13.1 Å². The average Bonchev–Trinajstić information content (AvgIpc) is 3.35. The lowest BCUT2D eigenvalue weighted by atomic mass is 9.93. The third kappa shape index (κ3) is 4.39. The van der Waals surface area contributed by atoms with Crippen molar-refractivity contribution in [2.45, 2.75) is 61.9 Å². The molecule has 11 nitrogen and oxygen atoms in total. The normalized spacial score (nSPS) is 20.7. The zero-order chi connectivity index (χ0) is 24.7. The van der Waals surface area contributed by atoms with Crippen LogP contribution in [0.1, 0.15) is 70.8 Å². The molecule has 0 radical (unpaired) electrons. The number of fused-ring (bicyclic) bond motifs is 1. The highest BCUT2D eigenvalue weighted by Crippen LogP contribution is 2.31. The van der Waals surface area contributed by atoms with Crippen molar-refractivity contribution in [3.05, 3.63) is 47.3 Å². The fourth-order valence-electron chi connectivity index (χ4n) is 4.57. The lowest BCUT2D eigenvalue weighted by Gasteiger charge is -2.27. The highest BCUT2D eigenvalue weighted by molar-refractivity contribution is 7.89. The van der Waals surface area contributed by atoms with E-state index in [-0.39, 0.29) is 41.5 Å². The molecule has 2 aliphatic heterocycles. The van der Waals surface area contributed by atoms with E-state index < -0.39 is 39.7 Å². The number of carbonyl (C=O) groups is 4. The van der Waals surface area contributed by atoms with Gasteiger partial charge in [0, 0.05) is 19.2 Å². The average molecular weight is 500 g/mol. The molecule has 184 valence electrons. The molecule has 4 amide bonds. The topological polar surface area (TPSA) is 148 Å². The van der Waals surface area contributed by atoms with E-state index in [9.17, 15) is 27.6 Å². The maximum Gasteiger partial charge on any atom is 0.262 e. The highest BCUT2D eigenvalue weighted by Gasteiger charge is 2.44. The zero-order valence-electron chi connectivity index (χ0n) is 18.9. The summed E-state index contributed by atoms with van der Waals surface area (Å²) < 4.78 is 29.4. The summed E-state index contributed by atoms with van der Waals surface area (Å²) in [6.45, 7) is 0.198. The number of piperidine rings is 1. The molecule has 1 unspecified atom stereocenters. The molecule has 3 heterocycles. The molecule has 2 fully saturated rings. The largest absolute Gasteiger partial charge is 0.295 e. The van der Waals surface area contributed by atoms with E-state index in [2.05, 4.69) is 15.1 Å². The fourth-order valence-corrected chi connectivity index (χ4v) is 5.58. The van der Waals surface area contributed by atoms with Gasteiger partial charge in [0.15, 0.2) is 0 Å². The van der Waals surface area contributed by atoms with Crippen molar-refractivity contribution < 1.29 is 27.6 Å². The number of amides is 4. The molecule has 1 aromatic heterocycles. The van der Waals surface area contributed by atoms with Gasteiger partial charge in [0.25, 0.3) is 11.8 Å². The second kappa shape index (κ2) is 9.00. The molecule has 1 aromatic carbocycles. The molecule has 1 atom stereocenters. The number of imide groups is 2. The summed E-state index contributed by atoms with van der Waals surface area (Å²) >= 11 is 0. The van der Waals surface area contributed by atoms with Crippen molar-refractivity contribution in [1.82, 2.24) is 24.7 Å². The summed E-state index contributed by atoms with van der Waals surface area (Å²) in [6, 6.07) is 4.15. The summed E-state index contributed by atoms with van der Waals surface area (Å²) in [5.74, 6) is -2.19. The molecule has 5 rings (SSSR count). The summed E-state index contributed by atoms with van der Waals surface area (Å²) in [7, 11) is -3.67. The third-order valence-corrected chi connectivity index (χ3v) is 8.19. The SMILES string of the molecule is O=C1CCC(N2C(=O)c3ccc(CCCNS(=O)(=O)c4cnn(C5CCC5)c4)cc3C2=O)C(=O)N1. The number of nitrogens with zero attached hydrogens (tertiary/aromatic N) is 3. The second-order valence-electron chi connectivity index (χ2n) is 9.07. The Kier molecular flexibility index (Phi) is 6.01. The minimum atomic E-state index is -3.67. The van der Waals surface area contributed by atoms with Crippen molar-refractivity contribution in [2.75, 3.05) is 6.54 Å². The van der Waals surface area contributed by atoms with Crippen molar-refractivity contribution in [2.24, 2.45) is 0 Å². The van der Waals surface area contributed by atoms with Crippen molar-refractivity contribution in [3.63, 3.8) is 0 Å². The first kappa shape index (κ1) is 23.4. The van der Waals surface area contributed by atoms with E-state index in [1.807, 2.05) is 0 Å². The standard InChI is InChI=1S/C23H25N5O6S/c29-20-9-8-19(21(30)26-20)28-22(31)17-7-6-14(11-18(17)23(28)32)3-2-10-25-35(33,34)16-12-24-27(13-16)15-4-1-5-15/h6-7,11-13,15,19,25H,1-5,8-10H2,(H,26,29,30). The van der Waals surface area contributed by atoms with Crippen LogP contribution in [0.15, 0.2) is 35.5 Å². The molecule has 35 heavy (non-hydrogen) atoms. The van der Waals surface area contributed by atoms with Gasteiger partial charge in [-0.2, -0.15) is 5.10 Å². The highest BCUT2D eigenvalue weighted by atomic mass is 32.2. The van der Waals surface area contributed by atoms with Crippen molar-refractivity contribution >= 4 is 33.7 Å². The van der Waals surface area contributed by atoms with E-state index in [4.69, 9.17) is 0 Å². The summed E-state index contributed by atoms with van der Waals surface area (Å²) in [4.78, 5) is 50.3. The van der Waals surface area contributed by atoms with Crippen LogP contribution in [0.4, 0.5) is 0 Å². The Morgan fingerprint density at radius 3 is 2.54 bits per heavy atom. The van der Waals surface area contributed by atoms with Gasteiger partial charge in [-0.3, -0.25) is 34.1 Å². The number of aryl methyl sites for hydroxylation is 1. The van der Waals surface area contributed by atoms with E-state index in [1.54, 1.807) is 29.1 Å². The Labute approximate surface area is 201 Å². The van der Waals surface area contributed by atoms with Crippen LogP contribution in [-0.2, 0) is 26.0 Å². The maximum atomic E-state index is 12.9. The predicted molar refractivity (Wildman–Crippen MR) is 122 cm³/mol. The van der Waals surface area contributed by atoms with Crippen molar-refractivity contribution in [1.29, 1.82) is 0 Å². The minimum Gasteiger partial charge on any atom is -0.295 e. The summed E-state index contributed by atoms with van der Waals surface area (Å²) in [6.07, 6.45) is 7.19. The number of hydrogen-bond donors (Lipinski definition) is 2. The van der Waals surface area contributed by atoms with Gasteiger partial charge in [-0.15, -0.1) is 0 Å². The number of benzene rings is 1. The van der Waals surface area contributed by atoms with Crippen LogP contribution < -0.4 is 10.0 Å². The first-order valence-corrected chi connectivity index (χ1v) is 13.1. The van der Waals surface area contributed by atoms with Gasteiger partial charge in [0.1, 0.15) is 10.9 Å². The van der Waals surface area contributed by atoms with Crippen LogP contribution in [0.25, 0.3) is 0 Å². The van der Waals surface area contributed by atoms with E-state index in [0.29, 0.717) is 12.8 Å². The molecular formula is C23H25N5O6S. The molecule has 2 N–H and O–H groups in total. The Morgan fingerprint density at radius 2 is 1.83 bits per heavy atom. The Balaban J connectivity index is 1.19. The molecule has 1 saturated carbocycles. The van der Waals surface area contributed by atoms with Crippen molar-refractivity contribution in [3.8, 4) is 0 Å². The van der Waals surface area contributed by atoms with E-state index in [1.165, 1.54) is 6.20 Å². The van der Waals surface area contributed by atoms with Crippen LogP contribution >= 0.6 is 0 Å². The first-order chi connectivity index (χ1) is 16.7. The second-order valence-corrected chi connectivity index (χ2v) is 10.8. The fraction of sp³-hybridized carbons (Fsp3) is 0.435.